The zero-order valence-corrected chi connectivity index (χ0v) is 56.2. The van der Waals surface area contributed by atoms with Crippen molar-refractivity contribution in [3.63, 3.8) is 0 Å². The average molecular weight is 1400 g/mol. The highest BCUT2D eigenvalue weighted by atomic mass is 16.7. The predicted octanol–water partition coefficient (Wildman–Crippen LogP) is -9.88. The maximum Gasteiger partial charge on any atom is 0.246 e. The molecule has 0 aromatic rings. The Morgan fingerprint density at radius 1 is 0.602 bits per heavy atom. The number of aliphatic hydroxyl groups excluding tert-OH is 6. The Hall–Kier alpha value is -7.53. The smallest absolute Gasteiger partial charge is 0.246 e. The van der Waals surface area contributed by atoms with Gasteiger partial charge in [-0.15, -0.1) is 0 Å². The quantitative estimate of drug-likeness (QED) is 0.0174. The molecule has 98 heavy (non-hydrogen) atoms. The number of aliphatic hydroxyl groups is 6. The third kappa shape index (κ3) is 19.9. The van der Waals surface area contributed by atoms with Gasteiger partial charge < -0.3 is 129 Å². The number of likely N-dealkylation sites (N-methyl/N-ethyl adjacent to an activating group) is 1. The highest BCUT2D eigenvalue weighted by Crippen LogP contribution is 2.34. The summed E-state index contributed by atoms with van der Waals surface area (Å²) in [5.74, 6) is -10.3. The van der Waals surface area contributed by atoms with E-state index in [2.05, 4.69) is 47.5 Å². The molecule has 15 unspecified atom stereocenters. The van der Waals surface area contributed by atoms with E-state index >= 15 is 0 Å². The Balaban J connectivity index is 1.15. The van der Waals surface area contributed by atoms with Crippen molar-refractivity contribution >= 4 is 76.8 Å². The summed E-state index contributed by atoms with van der Waals surface area (Å²) in [6.07, 6.45) is -11.0. The van der Waals surface area contributed by atoms with E-state index in [1.54, 1.807) is 7.05 Å². The van der Waals surface area contributed by atoms with Gasteiger partial charge in [-0.1, -0.05) is 6.92 Å². The standard InChI is InChI=1S/C60H100N16O22/c1-27-47(98-59-43(70-32(6)80)46(84)44(82)39(25-78)97-59)45(83)40(26-79)96-58(27)95-31(5)42(53(90)69-30(4)55(92)76-22-12-17-38(76)57(94)75-21-11-16-37(75)51(88)67-28(2)48(61)85)72-49(86)34(24-77)71-41(81)23-66-50(87)35-14-9-19-73(35)54(91)29(3)68-52(89)36-15-10-20-74(36)56(93)33(64-7)13-8-18-65-60(62)63/h27-31,33-40,42-47,58-59,64,77-79,82-84H,8-26H2,1-7H3,(H2,61,85)(H,66,87)(H,67,88)(H,68,89)(H,69,90)(H,70,80)(H,71,81)(H,72,86)(H4,62,63,65)/t27-,28?,29?,30?,31?,33?,34?,35?,36?,37?,38?,39?,40?,42?,43-,44+,45+,46?,47?,58-,59+/m1/s1. The summed E-state index contributed by atoms with van der Waals surface area (Å²) in [6, 6.07) is -13.6. The van der Waals surface area contributed by atoms with Crippen LogP contribution in [-0.2, 0) is 76.5 Å². The number of aliphatic imine (C=N–C) groups is 1. The molecule has 12 amide bonds. The summed E-state index contributed by atoms with van der Waals surface area (Å²) >= 11 is 0. The number of nitrogens with two attached hydrogens (primary N) is 3. The molecule has 6 aliphatic rings. The van der Waals surface area contributed by atoms with Crippen LogP contribution in [0, 0.1) is 5.92 Å². The molecule has 552 valence electrons. The van der Waals surface area contributed by atoms with Crippen LogP contribution in [0.1, 0.15) is 106 Å². The number of carbonyl (C=O) groups excluding carboxylic acids is 12. The summed E-state index contributed by atoms with van der Waals surface area (Å²) in [4.78, 5) is 172. The van der Waals surface area contributed by atoms with Gasteiger partial charge in [0.25, 0.3) is 0 Å². The van der Waals surface area contributed by atoms with Crippen LogP contribution in [0.15, 0.2) is 4.99 Å². The van der Waals surface area contributed by atoms with Gasteiger partial charge in [-0.2, -0.15) is 0 Å². The fraction of sp³-hybridized carbons (Fsp3) is 0.783. The molecule has 0 aromatic carbocycles. The summed E-state index contributed by atoms with van der Waals surface area (Å²) < 4.78 is 24.1. The van der Waals surface area contributed by atoms with Gasteiger partial charge >= 0.3 is 0 Å². The van der Waals surface area contributed by atoms with Gasteiger partial charge in [-0.25, -0.2) is 0 Å². The summed E-state index contributed by atoms with van der Waals surface area (Å²) in [5.41, 5.74) is 16.2. The van der Waals surface area contributed by atoms with Gasteiger partial charge in [0, 0.05) is 45.6 Å². The van der Waals surface area contributed by atoms with Crippen LogP contribution in [-0.4, -0.2) is 315 Å². The second kappa shape index (κ2) is 36.5. The Morgan fingerprint density at radius 2 is 1.11 bits per heavy atom. The molecule has 6 heterocycles. The first-order chi connectivity index (χ1) is 46.4. The first kappa shape index (κ1) is 79.5. The number of nitrogens with one attached hydrogen (secondary N) is 8. The van der Waals surface area contributed by atoms with E-state index < -0.39 is 219 Å². The summed E-state index contributed by atoms with van der Waals surface area (Å²) in [6.45, 7) is 5.24. The Bertz CT molecular complexity index is 2880. The maximum absolute atomic E-state index is 14.7. The van der Waals surface area contributed by atoms with Crippen LogP contribution < -0.4 is 59.7 Å². The number of amides is 12. The van der Waals surface area contributed by atoms with Gasteiger partial charge in [0.05, 0.1) is 44.6 Å². The van der Waals surface area contributed by atoms with E-state index in [0.717, 1.165) is 6.92 Å². The summed E-state index contributed by atoms with van der Waals surface area (Å²) in [7, 11) is 1.62. The van der Waals surface area contributed by atoms with E-state index in [9.17, 15) is 88.2 Å². The number of guanidine groups is 1. The first-order valence-corrected chi connectivity index (χ1v) is 33.2. The minimum atomic E-state index is -1.91. The van der Waals surface area contributed by atoms with Crippen molar-refractivity contribution in [1.29, 1.82) is 0 Å². The molecule has 0 saturated carbocycles. The largest absolute Gasteiger partial charge is 0.394 e. The van der Waals surface area contributed by atoms with Gasteiger partial charge in [-0.05, 0) is 99.0 Å². The van der Waals surface area contributed by atoms with Gasteiger partial charge in [0.2, 0.25) is 70.9 Å². The second-order valence-electron chi connectivity index (χ2n) is 25.6. The molecule has 6 aliphatic heterocycles. The molecule has 0 radical (unpaired) electrons. The molecule has 6 saturated heterocycles. The lowest BCUT2D eigenvalue weighted by Gasteiger charge is -2.48. The van der Waals surface area contributed by atoms with Gasteiger partial charge in [0.1, 0.15) is 90.9 Å². The lowest BCUT2D eigenvalue weighted by atomic mass is 9.91. The topological polar surface area (TPSA) is 563 Å². The Morgan fingerprint density at radius 3 is 1.66 bits per heavy atom. The number of hydrogen-bond donors (Lipinski definition) is 17. The highest BCUT2D eigenvalue weighted by molar-refractivity contribution is 5.99. The lowest BCUT2D eigenvalue weighted by Crippen LogP contribution is -2.67. The number of primary amides is 1. The molecule has 6 rings (SSSR count). The van der Waals surface area contributed by atoms with E-state index in [1.165, 1.54) is 54.2 Å². The van der Waals surface area contributed by atoms with E-state index in [0.29, 0.717) is 58.0 Å². The van der Waals surface area contributed by atoms with Crippen LogP contribution in [0.4, 0.5) is 0 Å². The monoisotopic (exact) mass is 1400 g/mol. The van der Waals surface area contributed by atoms with Crippen molar-refractivity contribution in [3.05, 3.63) is 0 Å². The molecule has 20 N–H and O–H groups in total. The minimum absolute atomic E-state index is 0.0531. The van der Waals surface area contributed by atoms with Crippen LogP contribution in [0.5, 0.6) is 0 Å². The first-order valence-electron chi connectivity index (χ1n) is 33.2. The summed E-state index contributed by atoms with van der Waals surface area (Å²) in [5, 5.41) is 84.4. The fourth-order valence-electron chi connectivity index (χ4n) is 13.1. The molecule has 0 aliphatic carbocycles. The molecular weight excluding hydrogens is 1300 g/mol. The van der Waals surface area contributed by atoms with Crippen molar-refractivity contribution in [3.8, 4) is 0 Å². The third-order valence-electron chi connectivity index (χ3n) is 18.5. The van der Waals surface area contributed by atoms with E-state index in [4.69, 9.17) is 36.1 Å². The van der Waals surface area contributed by atoms with Crippen LogP contribution in [0.3, 0.4) is 0 Å². The van der Waals surface area contributed by atoms with Crippen molar-refractivity contribution < 1.29 is 107 Å². The second-order valence-corrected chi connectivity index (χ2v) is 25.6. The van der Waals surface area contributed by atoms with Gasteiger partial charge in [0.15, 0.2) is 18.5 Å². The molecule has 38 heteroatoms. The molecule has 0 spiro atoms. The van der Waals surface area contributed by atoms with Crippen molar-refractivity contribution in [2.45, 2.75) is 228 Å². The van der Waals surface area contributed by atoms with E-state index in [1.807, 2.05) is 0 Å². The highest BCUT2D eigenvalue weighted by Gasteiger charge is 2.52. The SMILES string of the molecule is CNC(CCCN=C(N)N)C(=O)N1CCCC1C(=O)NC(C)C(=O)N1CCCC1C(=O)NCC(=O)NC(CO)C(=O)NC(C(=O)NC(C)C(=O)N1CCCC1C(=O)N1CCCC1C(=O)NC(C)C(N)=O)C(C)O[C@@H]1OC(CO)[C@H](O)C(O[C@@H]2OC(CO)[C@H](O)C(O)[C@H]2NC(C)=O)[C@H]1C. The van der Waals surface area contributed by atoms with Crippen LogP contribution >= 0.6 is 0 Å². The van der Waals surface area contributed by atoms with Crippen molar-refractivity contribution in [2.75, 3.05) is 66.1 Å². The molecular formula is C60H100N16O22. The average Bonchev–Trinajstić information content (AvgIpc) is 1.65. The lowest BCUT2D eigenvalue weighted by molar-refractivity contribution is -0.341. The van der Waals surface area contributed by atoms with Gasteiger partial charge in [-0.3, -0.25) is 62.5 Å². The van der Waals surface area contributed by atoms with Crippen LogP contribution in [0.2, 0.25) is 0 Å². The number of hydrogen-bond acceptors (Lipinski definition) is 24. The maximum atomic E-state index is 14.7. The van der Waals surface area contributed by atoms with Crippen molar-refractivity contribution in [2.24, 2.45) is 28.1 Å². The number of likely N-dealkylation sites (tertiary alicyclic amines) is 4. The number of nitrogens with zero attached hydrogens (tertiary/aromatic N) is 5. The molecule has 0 aromatic heterocycles. The number of carbonyl (C=O) groups is 12. The fourth-order valence-corrected chi connectivity index (χ4v) is 13.1. The molecule has 38 nitrogen and oxygen atoms in total. The normalized spacial score (nSPS) is 29.2. The Kier molecular flexibility index (Phi) is 29.6. The zero-order valence-electron chi connectivity index (χ0n) is 56.2. The van der Waals surface area contributed by atoms with Crippen LogP contribution in [0.25, 0.3) is 0 Å². The number of rotatable bonds is 31. The van der Waals surface area contributed by atoms with E-state index in [-0.39, 0.29) is 50.8 Å². The molecule has 6 fully saturated rings. The molecule has 0 bridgehead atoms. The minimum Gasteiger partial charge on any atom is -0.394 e. The predicted molar refractivity (Wildman–Crippen MR) is 339 cm³/mol. The number of ether oxygens (including phenoxy) is 4. The zero-order chi connectivity index (χ0) is 72.6. The third-order valence-corrected chi connectivity index (χ3v) is 18.5. The Labute approximate surface area is 566 Å². The van der Waals surface area contributed by atoms with Crippen molar-refractivity contribution in [1.82, 2.24) is 62.1 Å². The molecule has 21 atom stereocenters.